The average Bonchev–Trinajstić information content (AvgIpc) is 3.17. The van der Waals surface area contributed by atoms with Crippen molar-refractivity contribution in [2.24, 2.45) is 11.8 Å². The number of hydrogen-bond acceptors (Lipinski definition) is 5. The summed E-state index contributed by atoms with van der Waals surface area (Å²) < 4.78 is 7.86. The van der Waals surface area contributed by atoms with Crippen LogP contribution >= 0.6 is 15.9 Å². The van der Waals surface area contributed by atoms with Gasteiger partial charge < -0.3 is 4.52 Å². The lowest BCUT2D eigenvalue weighted by atomic mass is 9.94. The molecule has 2 aromatic rings. The van der Waals surface area contributed by atoms with Gasteiger partial charge in [-0.05, 0) is 24.1 Å². The zero-order valence-corrected chi connectivity index (χ0v) is 17.7. The smallest absolute Gasteiger partial charge is 0.335 e. The summed E-state index contributed by atoms with van der Waals surface area (Å²) in [6, 6.07) is 7.21. The molecule has 4 rings (SSSR count). The van der Waals surface area contributed by atoms with Crippen LogP contribution in [0.15, 0.2) is 57.6 Å². The number of aromatic nitrogens is 2. The summed E-state index contributed by atoms with van der Waals surface area (Å²) in [4.78, 5) is 31.7. The highest BCUT2D eigenvalue weighted by Crippen LogP contribution is 2.23. The van der Waals surface area contributed by atoms with E-state index in [1.54, 1.807) is 10.7 Å². The van der Waals surface area contributed by atoms with Crippen LogP contribution in [0, 0.1) is 11.8 Å². The van der Waals surface area contributed by atoms with Crippen molar-refractivity contribution in [1.29, 1.82) is 0 Å². The molecule has 1 aliphatic heterocycles. The number of imide groups is 1. The number of halogens is 1. The van der Waals surface area contributed by atoms with Gasteiger partial charge in [0.15, 0.2) is 6.54 Å². The van der Waals surface area contributed by atoms with Crippen LogP contribution in [0.3, 0.4) is 0 Å². The average molecular weight is 456 g/mol. The highest BCUT2D eigenvalue weighted by Gasteiger charge is 2.47. The summed E-state index contributed by atoms with van der Waals surface area (Å²) in [5, 5.41) is 4.04. The number of fused-ring (bicyclic) bond motifs is 1. The second kappa shape index (κ2) is 7.87. The predicted molar refractivity (Wildman–Crippen MR) is 110 cm³/mol. The molecule has 1 aromatic carbocycles. The third-order valence-corrected chi connectivity index (χ3v) is 5.19. The predicted octanol–water partition coefficient (Wildman–Crippen LogP) is 3.81. The summed E-state index contributed by atoms with van der Waals surface area (Å²) in [6.45, 7) is 4.42. The van der Waals surface area contributed by atoms with Crippen molar-refractivity contribution < 1.29 is 18.7 Å². The molecule has 1 atom stereocenters. The molecule has 0 N–H and O–H groups in total. The lowest BCUT2D eigenvalue weighted by molar-refractivity contribution is -0.460. The fraction of sp³-hybridized carbons (Fsp3) is 0.286. The number of benzene rings is 1. The SMILES string of the molecule is CC(C)CN1C(=O)C2C=CC=CC2=[N+](Cc2nc(-c3cccc(Br)c3)no2)C1=O. The molecule has 1 unspecified atom stereocenters. The van der Waals surface area contributed by atoms with Crippen molar-refractivity contribution in [3.63, 3.8) is 0 Å². The second-order valence-electron chi connectivity index (χ2n) is 7.38. The van der Waals surface area contributed by atoms with E-state index in [1.165, 1.54) is 4.90 Å². The summed E-state index contributed by atoms with van der Waals surface area (Å²) in [6.07, 6.45) is 7.24. The normalized spacial score (nSPS) is 18.8. The molecule has 0 saturated heterocycles. The van der Waals surface area contributed by atoms with Gasteiger partial charge in [0.05, 0.1) is 6.54 Å². The van der Waals surface area contributed by atoms with Gasteiger partial charge in [-0.15, -0.1) is 0 Å². The van der Waals surface area contributed by atoms with Crippen LogP contribution < -0.4 is 0 Å². The Labute approximate surface area is 176 Å². The van der Waals surface area contributed by atoms with Gasteiger partial charge in [-0.25, -0.2) is 4.79 Å². The Bertz CT molecular complexity index is 1070. The topological polar surface area (TPSA) is 79.3 Å². The molecule has 0 saturated carbocycles. The molecule has 3 amide bonds. The van der Waals surface area contributed by atoms with Crippen LogP contribution in [-0.2, 0) is 11.3 Å². The van der Waals surface area contributed by atoms with Crippen molar-refractivity contribution in [2.75, 3.05) is 6.54 Å². The summed E-state index contributed by atoms with van der Waals surface area (Å²) in [5.74, 6) is 0.239. The molecule has 148 valence electrons. The van der Waals surface area contributed by atoms with Crippen molar-refractivity contribution in [3.8, 4) is 11.4 Å². The van der Waals surface area contributed by atoms with E-state index in [9.17, 15) is 9.59 Å². The van der Waals surface area contributed by atoms with Crippen LogP contribution in [0.1, 0.15) is 19.7 Å². The van der Waals surface area contributed by atoms with Crippen molar-refractivity contribution >= 4 is 33.6 Å². The number of carbonyl (C=O) groups is 2. The molecule has 1 aromatic heterocycles. The Morgan fingerprint density at radius 3 is 2.86 bits per heavy atom. The molecule has 0 spiro atoms. The summed E-state index contributed by atoms with van der Waals surface area (Å²) in [5.41, 5.74) is 1.44. The molecule has 0 radical (unpaired) electrons. The van der Waals surface area contributed by atoms with Gasteiger partial charge in [-0.2, -0.15) is 19.3 Å². The van der Waals surface area contributed by atoms with E-state index in [2.05, 4.69) is 26.1 Å². The highest BCUT2D eigenvalue weighted by molar-refractivity contribution is 9.10. The molecule has 0 bridgehead atoms. The Morgan fingerprint density at radius 1 is 1.28 bits per heavy atom. The van der Waals surface area contributed by atoms with Crippen molar-refractivity contribution in [3.05, 3.63) is 58.9 Å². The van der Waals surface area contributed by atoms with Gasteiger partial charge in [0.25, 0.3) is 5.89 Å². The quantitative estimate of drug-likeness (QED) is 0.640. The Kier molecular flexibility index (Phi) is 5.27. The molecule has 2 heterocycles. The first-order valence-corrected chi connectivity index (χ1v) is 10.2. The molecule has 0 fully saturated rings. The zero-order valence-electron chi connectivity index (χ0n) is 16.1. The minimum Gasteiger partial charge on any atom is -0.335 e. The number of allylic oxidation sites excluding steroid dienone is 3. The lowest BCUT2D eigenvalue weighted by Gasteiger charge is -2.27. The van der Waals surface area contributed by atoms with E-state index in [1.807, 2.05) is 56.3 Å². The summed E-state index contributed by atoms with van der Waals surface area (Å²) in [7, 11) is 0. The van der Waals surface area contributed by atoms with Gasteiger partial charge in [0, 0.05) is 10.0 Å². The highest BCUT2D eigenvalue weighted by atomic mass is 79.9. The number of urea groups is 1. The van der Waals surface area contributed by atoms with Gasteiger partial charge in [-0.1, -0.05) is 65.3 Å². The largest absolute Gasteiger partial charge is 0.501 e. The Hall–Kier alpha value is -2.87. The number of hydrogen-bond donors (Lipinski definition) is 0. The molecular formula is C21H20BrN4O3+. The second-order valence-corrected chi connectivity index (χ2v) is 8.30. The number of rotatable bonds is 5. The van der Waals surface area contributed by atoms with Gasteiger partial charge in [0.1, 0.15) is 11.6 Å². The van der Waals surface area contributed by atoms with Crippen LogP contribution in [0.4, 0.5) is 4.79 Å². The van der Waals surface area contributed by atoms with Gasteiger partial charge in [0.2, 0.25) is 5.82 Å². The first-order valence-electron chi connectivity index (χ1n) is 9.37. The standard InChI is InChI=1S/C21H20BrN4O3/c1-13(2)11-26-20(27)16-8-3-4-9-17(16)25(21(26)28)12-18-23-19(24-29-18)14-6-5-7-15(22)10-14/h3-10,13,16H,11-12H2,1-2H3/q+1. The molecule has 8 heteroatoms. The third-order valence-electron chi connectivity index (χ3n) is 4.70. The first kappa shape index (κ1) is 19.4. The van der Waals surface area contributed by atoms with Crippen LogP contribution in [0.5, 0.6) is 0 Å². The fourth-order valence-corrected chi connectivity index (χ4v) is 3.81. The van der Waals surface area contributed by atoms with E-state index >= 15 is 0 Å². The minimum atomic E-state index is -0.482. The van der Waals surface area contributed by atoms with Crippen LogP contribution in [0.25, 0.3) is 11.4 Å². The molecule has 7 nitrogen and oxygen atoms in total. The number of nitrogens with zero attached hydrogens (tertiary/aromatic N) is 4. The molecule has 2 aliphatic rings. The van der Waals surface area contributed by atoms with E-state index in [0.717, 1.165) is 10.0 Å². The Balaban J connectivity index is 1.67. The zero-order chi connectivity index (χ0) is 20.5. The lowest BCUT2D eigenvalue weighted by Crippen LogP contribution is -2.55. The maximum absolute atomic E-state index is 13.1. The minimum absolute atomic E-state index is 0.103. The van der Waals surface area contributed by atoms with E-state index in [4.69, 9.17) is 4.52 Å². The van der Waals surface area contributed by atoms with E-state index in [-0.39, 0.29) is 24.4 Å². The van der Waals surface area contributed by atoms with Crippen LogP contribution in [0.2, 0.25) is 0 Å². The summed E-state index contributed by atoms with van der Waals surface area (Å²) >= 11 is 3.43. The van der Waals surface area contributed by atoms with Gasteiger partial charge in [-0.3, -0.25) is 0 Å². The number of carbonyl (C=O) groups excluding carboxylic acids is 2. The maximum atomic E-state index is 13.1. The van der Waals surface area contributed by atoms with E-state index in [0.29, 0.717) is 24.0 Å². The molecular weight excluding hydrogens is 436 g/mol. The fourth-order valence-electron chi connectivity index (χ4n) is 3.41. The Morgan fingerprint density at radius 2 is 2.10 bits per heavy atom. The van der Waals surface area contributed by atoms with Gasteiger partial charge >= 0.3 is 11.9 Å². The monoisotopic (exact) mass is 455 g/mol. The van der Waals surface area contributed by atoms with Crippen LogP contribution in [-0.4, -0.2) is 43.8 Å². The third kappa shape index (κ3) is 3.85. The van der Waals surface area contributed by atoms with Crippen molar-refractivity contribution in [2.45, 2.75) is 20.4 Å². The first-order chi connectivity index (χ1) is 13.9. The maximum Gasteiger partial charge on any atom is 0.501 e. The molecule has 29 heavy (non-hydrogen) atoms. The molecule has 1 aliphatic carbocycles. The van der Waals surface area contributed by atoms with Crippen molar-refractivity contribution in [1.82, 2.24) is 15.0 Å². The number of amides is 3. The van der Waals surface area contributed by atoms with E-state index < -0.39 is 5.92 Å².